The van der Waals surface area contributed by atoms with Crippen molar-refractivity contribution in [1.82, 2.24) is 0 Å². The number of anilines is 6. The highest BCUT2D eigenvalue weighted by molar-refractivity contribution is 6.24. The van der Waals surface area contributed by atoms with Crippen LogP contribution in [0.15, 0.2) is 170 Å². The van der Waals surface area contributed by atoms with Gasteiger partial charge < -0.3 is 9.80 Å². The summed E-state index contributed by atoms with van der Waals surface area (Å²) in [5.41, 5.74) is 24.9. The minimum absolute atomic E-state index is 0.106. The van der Waals surface area contributed by atoms with Crippen LogP contribution in [0.1, 0.15) is 280 Å². The number of nitrogens with zero attached hydrogens (tertiary/aromatic N) is 2. The van der Waals surface area contributed by atoms with E-state index in [9.17, 15) is 0 Å². The Morgan fingerprint density at radius 1 is 0.231 bits per heavy atom. The maximum Gasteiger partial charge on any atom is 0.0620 e. The Hall–Kier alpha value is -6.90. The SMILES string of the molecule is CC(C)(C)c1cc(N(c2cc(C3CC4CC3C3CCCC43)cc(C3CC4CC3C3CCCC43)c2)c2c3ccc(-c4ccccc4)cc3c(N(c3cc(C4CC5CC4C4CCCC54)cc(C4CC5CC4C4CCCC54)c3)c3cc(C(C)(C)C)cc(C(C)(C)C)c3)c3ccc(-c4ccccc4)cc23)cc(C(C)(C)C)c1. The van der Waals surface area contributed by atoms with Crippen LogP contribution in [-0.2, 0) is 21.7 Å². The molecule has 21 rings (SSSR count). The van der Waals surface area contributed by atoms with Gasteiger partial charge in [-0.1, -0.05) is 218 Å². The predicted molar refractivity (Wildman–Crippen MR) is 456 cm³/mol. The zero-order valence-electron chi connectivity index (χ0n) is 67.7. The van der Waals surface area contributed by atoms with E-state index in [1.165, 1.54) is 229 Å². The van der Waals surface area contributed by atoms with Crippen molar-refractivity contribution >= 4 is 55.7 Å². The van der Waals surface area contributed by atoms with E-state index >= 15 is 0 Å². The lowest BCUT2D eigenvalue weighted by molar-refractivity contribution is 0.229. The number of hydrogen-bond acceptors (Lipinski definition) is 2. The first-order valence-corrected chi connectivity index (χ1v) is 44.4. The van der Waals surface area contributed by atoms with Crippen LogP contribution in [0.4, 0.5) is 34.1 Å². The van der Waals surface area contributed by atoms with Crippen LogP contribution in [0.25, 0.3) is 43.8 Å². The summed E-state index contributed by atoms with van der Waals surface area (Å²) in [6, 6.07) is 71.7. The molecule has 108 heavy (non-hydrogen) atoms. The molecule has 20 unspecified atom stereocenters. The largest absolute Gasteiger partial charge is 0.309 e. The predicted octanol–water partition coefficient (Wildman–Crippen LogP) is 29.6. The summed E-state index contributed by atoms with van der Waals surface area (Å²) in [5.74, 6) is 16.3. The second-order valence-corrected chi connectivity index (χ2v) is 42.9. The van der Waals surface area contributed by atoms with Crippen LogP contribution < -0.4 is 9.80 Å². The number of benzene rings is 9. The highest BCUT2D eigenvalue weighted by Crippen LogP contribution is 2.70. The average Bonchev–Trinajstić information content (AvgIpc) is 1.04. The fourth-order valence-electron chi connectivity index (χ4n) is 28.6. The Morgan fingerprint density at radius 2 is 0.500 bits per heavy atom. The molecule has 12 fully saturated rings. The summed E-state index contributed by atoms with van der Waals surface area (Å²) < 4.78 is 0. The Kier molecular flexibility index (Phi) is 16.2. The molecular weight excluding hydrogens is 1300 g/mol. The Balaban J connectivity index is 0.890. The first-order valence-electron chi connectivity index (χ1n) is 44.4. The van der Waals surface area contributed by atoms with Crippen molar-refractivity contribution in [3.63, 3.8) is 0 Å². The molecule has 12 aliphatic carbocycles. The van der Waals surface area contributed by atoms with Crippen molar-refractivity contribution in [2.45, 2.75) is 257 Å². The summed E-state index contributed by atoms with van der Waals surface area (Å²) in [5, 5.41) is 5.29. The molecule has 9 aromatic rings. The van der Waals surface area contributed by atoms with E-state index in [0.717, 1.165) is 94.7 Å². The van der Waals surface area contributed by atoms with E-state index in [2.05, 4.69) is 263 Å². The van der Waals surface area contributed by atoms with Crippen LogP contribution in [0.5, 0.6) is 0 Å². The maximum atomic E-state index is 2.94. The molecule has 0 aliphatic heterocycles. The Morgan fingerprint density at radius 3 is 0.778 bits per heavy atom. The molecule has 0 aromatic heterocycles. The number of hydrogen-bond donors (Lipinski definition) is 0. The number of fused-ring (bicyclic) bond motifs is 22. The van der Waals surface area contributed by atoms with E-state index in [1.54, 1.807) is 22.3 Å². The third kappa shape index (κ3) is 11.3. The van der Waals surface area contributed by atoms with Crippen molar-refractivity contribution in [1.29, 1.82) is 0 Å². The third-order valence-corrected chi connectivity index (χ3v) is 33.4. The summed E-state index contributed by atoms with van der Waals surface area (Å²) in [6.07, 6.45) is 28.6. The zero-order valence-corrected chi connectivity index (χ0v) is 67.7. The van der Waals surface area contributed by atoms with Gasteiger partial charge in [-0.15, -0.1) is 0 Å². The maximum absolute atomic E-state index is 2.94. The van der Waals surface area contributed by atoms with E-state index < -0.39 is 0 Å². The minimum Gasteiger partial charge on any atom is -0.309 e. The lowest BCUT2D eigenvalue weighted by atomic mass is 9.70. The molecule has 0 N–H and O–H groups in total. The summed E-state index contributed by atoms with van der Waals surface area (Å²) >= 11 is 0. The smallest absolute Gasteiger partial charge is 0.0620 e. The second kappa shape index (κ2) is 25.3. The minimum atomic E-state index is -0.106. The first-order chi connectivity index (χ1) is 52.0. The third-order valence-electron chi connectivity index (χ3n) is 33.4. The zero-order chi connectivity index (χ0) is 73.3. The topological polar surface area (TPSA) is 6.48 Å². The van der Waals surface area contributed by atoms with Gasteiger partial charge in [-0.2, -0.15) is 0 Å². The van der Waals surface area contributed by atoms with Crippen molar-refractivity contribution in [2.24, 2.45) is 94.7 Å². The Bertz CT molecular complexity index is 4500. The van der Waals surface area contributed by atoms with Gasteiger partial charge in [-0.25, -0.2) is 0 Å². The van der Waals surface area contributed by atoms with E-state index in [-0.39, 0.29) is 21.7 Å². The van der Waals surface area contributed by atoms with Gasteiger partial charge in [0.2, 0.25) is 0 Å². The van der Waals surface area contributed by atoms with Gasteiger partial charge in [0.25, 0.3) is 0 Å². The van der Waals surface area contributed by atoms with Gasteiger partial charge in [0.05, 0.1) is 11.4 Å². The summed E-state index contributed by atoms with van der Waals surface area (Å²) in [7, 11) is 0. The molecular formula is C106H124N2. The molecule has 8 bridgehead atoms. The first kappa shape index (κ1) is 69.1. The van der Waals surface area contributed by atoms with Gasteiger partial charge in [0, 0.05) is 44.3 Å². The molecule has 0 spiro atoms. The fraction of sp³-hybridized carbons (Fsp3) is 0.528. The van der Waals surface area contributed by atoms with Gasteiger partial charge in [0.1, 0.15) is 0 Å². The highest BCUT2D eigenvalue weighted by atomic mass is 15.2. The Labute approximate surface area is 649 Å². The van der Waals surface area contributed by atoms with Crippen molar-refractivity contribution in [3.8, 4) is 22.3 Å². The molecule has 558 valence electrons. The van der Waals surface area contributed by atoms with E-state index in [0.29, 0.717) is 23.7 Å². The average molecular weight is 1430 g/mol. The van der Waals surface area contributed by atoms with E-state index in [4.69, 9.17) is 0 Å². The molecule has 0 heterocycles. The van der Waals surface area contributed by atoms with Crippen LogP contribution in [-0.4, -0.2) is 0 Å². The van der Waals surface area contributed by atoms with Gasteiger partial charge in [0.15, 0.2) is 0 Å². The van der Waals surface area contributed by atoms with Crippen LogP contribution >= 0.6 is 0 Å². The molecule has 12 aliphatic rings. The van der Waals surface area contributed by atoms with Crippen LogP contribution in [0.2, 0.25) is 0 Å². The standard InChI is InChI=1S/C106H124N2/c1-103(2,3)73-55-74(104(4,5)6)58-79(57-73)107(77-41-65(91-47-69-51-95(91)85-31-19-27-81(69)85)39-66(42-77)92-48-70-52-96(92)86-32-20-28-82(70)86)101-89-37-35-64(62-25-17-14-18-26-62)46-100(89)102(90-38-36-63(45-99(90)101)61-23-15-13-16-24-61)108(80-59-75(105(7,8)9)56-76(60-80)106(10,11)12)78-43-67(93-49-71-53-97(93)87-33-21-29-83(71)87)40-68(44-78)94-50-72-54-98(94)88-34-22-30-84(72)88/h13-18,23-26,35-46,55-60,69-72,81-88,91-98H,19-22,27-34,47-54H2,1-12H3. The fourth-order valence-corrected chi connectivity index (χ4v) is 28.6. The lowest BCUT2D eigenvalue weighted by Crippen LogP contribution is -2.25. The molecule has 2 nitrogen and oxygen atoms in total. The molecule has 20 atom stereocenters. The molecule has 0 radical (unpaired) electrons. The lowest BCUT2D eigenvalue weighted by Gasteiger charge is -2.38. The van der Waals surface area contributed by atoms with Crippen LogP contribution in [0.3, 0.4) is 0 Å². The number of rotatable bonds is 12. The molecule has 0 saturated heterocycles. The summed E-state index contributed by atoms with van der Waals surface area (Å²) in [4.78, 5) is 5.88. The van der Waals surface area contributed by atoms with Crippen molar-refractivity contribution in [3.05, 3.63) is 214 Å². The van der Waals surface area contributed by atoms with E-state index in [1.807, 2.05) is 0 Å². The van der Waals surface area contributed by atoms with Crippen LogP contribution in [0, 0.1) is 94.7 Å². The molecule has 2 heteroatoms. The quantitative estimate of drug-likeness (QED) is 0.0888. The molecule has 0 amide bonds. The van der Waals surface area contributed by atoms with Crippen molar-refractivity contribution < 1.29 is 0 Å². The second-order valence-electron chi connectivity index (χ2n) is 42.9. The molecule has 9 aromatic carbocycles. The molecule has 12 saturated carbocycles. The van der Waals surface area contributed by atoms with Gasteiger partial charge in [-0.05, 0) is 370 Å². The highest BCUT2D eigenvalue weighted by Gasteiger charge is 2.59. The normalized spacial score (nSPS) is 32.6. The van der Waals surface area contributed by atoms with Crippen molar-refractivity contribution in [2.75, 3.05) is 9.80 Å². The van der Waals surface area contributed by atoms with Gasteiger partial charge >= 0.3 is 0 Å². The van der Waals surface area contributed by atoms with Gasteiger partial charge in [-0.3, -0.25) is 0 Å². The monoisotopic (exact) mass is 1420 g/mol. The summed E-state index contributed by atoms with van der Waals surface area (Å²) in [6.45, 7) is 29.6.